The third kappa shape index (κ3) is 3.97. The van der Waals surface area contributed by atoms with Crippen LogP contribution in [0.25, 0.3) is 17.2 Å². The third-order valence-corrected chi connectivity index (χ3v) is 4.81. The monoisotopic (exact) mass is 419 g/mol. The summed E-state index contributed by atoms with van der Waals surface area (Å²) in [6.07, 6.45) is 0. The predicted octanol–water partition coefficient (Wildman–Crippen LogP) is 2.52. The smallest absolute Gasteiger partial charge is 0.275 e. The van der Waals surface area contributed by atoms with E-state index in [0.717, 1.165) is 5.56 Å². The Balaban J connectivity index is 1.67. The molecule has 0 spiro atoms. The molecule has 0 fully saturated rings. The van der Waals surface area contributed by atoms with E-state index in [4.69, 9.17) is 9.47 Å². The number of ether oxygens (including phenoxy) is 2. The molecule has 31 heavy (non-hydrogen) atoms. The number of aryl methyl sites for hydroxylation is 1. The van der Waals surface area contributed by atoms with Gasteiger partial charge in [-0.05, 0) is 19.1 Å². The summed E-state index contributed by atoms with van der Waals surface area (Å²) in [5, 5.41) is 7.16. The Morgan fingerprint density at radius 1 is 1.06 bits per heavy atom. The molecule has 1 N–H and O–H groups in total. The summed E-state index contributed by atoms with van der Waals surface area (Å²) >= 11 is 0. The Bertz CT molecular complexity index is 1310. The Kier molecular flexibility index (Phi) is 5.40. The number of carbonyl (C=O) groups excluding carboxylic acids is 1. The van der Waals surface area contributed by atoms with Gasteiger partial charge >= 0.3 is 0 Å². The fourth-order valence-corrected chi connectivity index (χ4v) is 3.24. The molecule has 4 rings (SSSR count). The zero-order valence-corrected chi connectivity index (χ0v) is 17.3. The molecule has 0 aliphatic heterocycles. The number of nitrogens with zero attached hydrogens (tertiary/aromatic N) is 4. The van der Waals surface area contributed by atoms with Gasteiger partial charge in [-0.15, -0.1) is 5.10 Å². The van der Waals surface area contributed by atoms with Crippen LogP contribution in [0.15, 0.2) is 59.4 Å². The van der Waals surface area contributed by atoms with Gasteiger partial charge in [0.25, 0.3) is 5.56 Å². The zero-order chi connectivity index (χ0) is 22.0. The standard InChI is InChI=1S/C22H21N5O4/c1-14-11-20(29)27-22(24-21(25-27)15-7-5-4-6-8-15)26(14)13-19(28)23-17-10-9-16(30-2)12-18(17)31-3/h4-12H,13H2,1-3H3,(H,23,28). The quantitative estimate of drug-likeness (QED) is 0.516. The lowest BCUT2D eigenvalue weighted by Crippen LogP contribution is -2.25. The van der Waals surface area contributed by atoms with Gasteiger partial charge in [0.05, 0.1) is 19.9 Å². The summed E-state index contributed by atoms with van der Waals surface area (Å²) in [5.74, 6) is 1.49. The van der Waals surface area contributed by atoms with Crippen LogP contribution in [0.5, 0.6) is 11.5 Å². The molecule has 0 unspecified atom stereocenters. The van der Waals surface area contributed by atoms with Crippen molar-refractivity contribution >= 4 is 17.4 Å². The first-order valence-corrected chi connectivity index (χ1v) is 9.54. The minimum atomic E-state index is -0.310. The number of rotatable bonds is 6. The molecule has 9 nitrogen and oxygen atoms in total. The van der Waals surface area contributed by atoms with Gasteiger partial charge in [0.15, 0.2) is 5.82 Å². The van der Waals surface area contributed by atoms with Crippen LogP contribution in [0, 0.1) is 6.92 Å². The molecule has 158 valence electrons. The first kappa shape index (κ1) is 20.1. The normalized spacial score (nSPS) is 10.8. The summed E-state index contributed by atoms with van der Waals surface area (Å²) in [6.45, 7) is 1.69. The van der Waals surface area contributed by atoms with Crippen LogP contribution in [0.3, 0.4) is 0 Å². The van der Waals surface area contributed by atoms with Crippen molar-refractivity contribution in [3.05, 3.63) is 70.6 Å². The Labute approximate surface area is 177 Å². The van der Waals surface area contributed by atoms with Gasteiger partial charge < -0.3 is 19.4 Å². The van der Waals surface area contributed by atoms with Crippen molar-refractivity contribution in [2.24, 2.45) is 0 Å². The number of amides is 1. The van der Waals surface area contributed by atoms with Gasteiger partial charge in [-0.2, -0.15) is 9.50 Å². The highest BCUT2D eigenvalue weighted by molar-refractivity contribution is 5.92. The maximum Gasteiger partial charge on any atom is 0.275 e. The highest BCUT2D eigenvalue weighted by Crippen LogP contribution is 2.29. The Morgan fingerprint density at radius 2 is 1.84 bits per heavy atom. The Hall–Kier alpha value is -4.14. The van der Waals surface area contributed by atoms with E-state index < -0.39 is 0 Å². The van der Waals surface area contributed by atoms with E-state index in [2.05, 4.69) is 15.4 Å². The molecule has 2 aromatic carbocycles. The molecule has 2 heterocycles. The number of carbonyl (C=O) groups is 1. The molecule has 1 amide bonds. The molecule has 2 aromatic heterocycles. The molecule has 9 heteroatoms. The molecular weight excluding hydrogens is 398 g/mol. The lowest BCUT2D eigenvalue weighted by atomic mass is 10.2. The highest BCUT2D eigenvalue weighted by Gasteiger charge is 2.16. The van der Waals surface area contributed by atoms with Gasteiger partial charge in [0.2, 0.25) is 11.7 Å². The number of benzene rings is 2. The zero-order valence-electron chi connectivity index (χ0n) is 17.3. The summed E-state index contributed by atoms with van der Waals surface area (Å²) in [6, 6.07) is 15.9. The molecule has 0 atom stereocenters. The van der Waals surface area contributed by atoms with Crippen molar-refractivity contribution in [3.8, 4) is 22.9 Å². The summed E-state index contributed by atoms with van der Waals surface area (Å²) in [4.78, 5) is 29.8. The van der Waals surface area contributed by atoms with E-state index in [-0.39, 0.29) is 18.0 Å². The SMILES string of the molecule is COc1ccc(NC(=O)Cn2c(C)cc(=O)n3nc(-c4ccccc4)nc23)c(OC)c1. The van der Waals surface area contributed by atoms with Crippen molar-refractivity contribution in [2.75, 3.05) is 19.5 Å². The van der Waals surface area contributed by atoms with Crippen LogP contribution in [0.4, 0.5) is 5.69 Å². The number of nitrogens with one attached hydrogen (secondary N) is 1. The van der Waals surface area contributed by atoms with Crippen LogP contribution in [0.2, 0.25) is 0 Å². The first-order valence-electron chi connectivity index (χ1n) is 9.54. The molecule has 0 bridgehead atoms. The van der Waals surface area contributed by atoms with E-state index in [9.17, 15) is 9.59 Å². The minimum Gasteiger partial charge on any atom is -0.497 e. The second kappa shape index (κ2) is 8.31. The number of fused-ring (bicyclic) bond motifs is 1. The average Bonchev–Trinajstić information content (AvgIpc) is 3.23. The topological polar surface area (TPSA) is 99.8 Å². The molecule has 0 radical (unpaired) electrons. The first-order chi connectivity index (χ1) is 15.0. The minimum absolute atomic E-state index is 0.0578. The number of hydrogen-bond donors (Lipinski definition) is 1. The molecule has 0 saturated heterocycles. The van der Waals surface area contributed by atoms with Crippen molar-refractivity contribution in [1.82, 2.24) is 19.2 Å². The van der Waals surface area contributed by atoms with Crippen molar-refractivity contribution in [1.29, 1.82) is 0 Å². The van der Waals surface area contributed by atoms with E-state index in [1.165, 1.54) is 17.7 Å². The Morgan fingerprint density at radius 3 is 2.55 bits per heavy atom. The third-order valence-electron chi connectivity index (χ3n) is 4.81. The molecule has 4 aromatic rings. The molecular formula is C22H21N5O4. The average molecular weight is 419 g/mol. The van der Waals surface area contributed by atoms with E-state index in [1.54, 1.807) is 36.8 Å². The maximum absolute atomic E-state index is 12.8. The van der Waals surface area contributed by atoms with Crippen LogP contribution in [0.1, 0.15) is 5.69 Å². The van der Waals surface area contributed by atoms with E-state index in [0.29, 0.717) is 34.5 Å². The molecule has 0 aliphatic rings. The van der Waals surface area contributed by atoms with Crippen LogP contribution < -0.4 is 20.3 Å². The number of hydrogen-bond acceptors (Lipinski definition) is 6. The maximum atomic E-state index is 12.8. The van der Waals surface area contributed by atoms with Crippen molar-refractivity contribution < 1.29 is 14.3 Å². The number of aromatic nitrogens is 4. The van der Waals surface area contributed by atoms with Gasteiger partial charge in [0.1, 0.15) is 18.0 Å². The second-order valence-corrected chi connectivity index (χ2v) is 6.84. The van der Waals surface area contributed by atoms with Crippen LogP contribution >= 0.6 is 0 Å². The fourth-order valence-electron chi connectivity index (χ4n) is 3.24. The van der Waals surface area contributed by atoms with Crippen molar-refractivity contribution in [3.63, 3.8) is 0 Å². The fraction of sp³-hybridized carbons (Fsp3) is 0.182. The lowest BCUT2D eigenvalue weighted by Gasteiger charge is -2.14. The van der Waals surface area contributed by atoms with E-state index >= 15 is 0 Å². The van der Waals surface area contributed by atoms with Gasteiger partial charge in [0, 0.05) is 23.4 Å². The molecule has 0 aliphatic carbocycles. The lowest BCUT2D eigenvalue weighted by molar-refractivity contribution is -0.116. The predicted molar refractivity (Wildman–Crippen MR) is 116 cm³/mol. The number of anilines is 1. The largest absolute Gasteiger partial charge is 0.497 e. The van der Waals surface area contributed by atoms with E-state index in [1.807, 2.05) is 30.3 Å². The van der Waals surface area contributed by atoms with Crippen LogP contribution in [-0.4, -0.2) is 39.3 Å². The van der Waals surface area contributed by atoms with Crippen molar-refractivity contribution in [2.45, 2.75) is 13.5 Å². The summed E-state index contributed by atoms with van der Waals surface area (Å²) in [7, 11) is 3.07. The second-order valence-electron chi connectivity index (χ2n) is 6.84. The summed E-state index contributed by atoms with van der Waals surface area (Å²) in [5.41, 5.74) is 1.58. The summed E-state index contributed by atoms with van der Waals surface area (Å²) < 4.78 is 13.4. The van der Waals surface area contributed by atoms with Gasteiger partial charge in [-0.1, -0.05) is 30.3 Å². The van der Waals surface area contributed by atoms with Crippen LogP contribution in [-0.2, 0) is 11.3 Å². The molecule has 0 saturated carbocycles. The van der Waals surface area contributed by atoms with Gasteiger partial charge in [-0.3, -0.25) is 9.59 Å². The van der Waals surface area contributed by atoms with Gasteiger partial charge in [-0.25, -0.2) is 0 Å². The number of methoxy groups -OCH3 is 2. The highest BCUT2D eigenvalue weighted by atomic mass is 16.5.